The molecule has 0 amide bonds. The number of carboxylic acids is 1. The van der Waals surface area contributed by atoms with Crippen molar-refractivity contribution >= 4 is 11.9 Å². The Balaban J connectivity index is 3.15. The fraction of sp³-hybridized carbons (Fsp3) is 0.385. The molecular formula is C13H14F2O5. The molecule has 0 aliphatic carbocycles. The van der Waals surface area contributed by atoms with Crippen molar-refractivity contribution in [3.05, 3.63) is 34.9 Å². The third kappa shape index (κ3) is 3.74. The number of carboxylic acid groups (broad SMARTS) is 1. The van der Waals surface area contributed by atoms with Crippen LogP contribution >= 0.6 is 0 Å². The molecule has 0 aliphatic heterocycles. The normalized spacial score (nSPS) is 12.2. The highest BCUT2D eigenvalue weighted by atomic mass is 19.3. The lowest BCUT2D eigenvalue weighted by molar-refractivity contribution is -0.147. The van der Waals surface area contributed by atoms with E-state index in [1.165, 1.54) is 19.2 Å². The Labute approximate surface area is 113 Å². The second-order valence-corrected chi connectivity index (χ2v) is 4.04. The second-order valence-electron chi connectivity index (χ2n) is 4.04. The van der Waals surface area contributed by atoms with Crippen molar-refractivity contribution in [1.29, 1.82) is 0 Å². The number of aliphatic hydroxyl groups excluding tert-OH is 1. The Morgan fingerprint density at radius 2 is 2.00 bits per heavy atom. The summed E-state index contributed by atoms with van der Waals surface area (Å²) >= 11 is 0. The molecule has 1 atom stereocenters. The lowest BCUT2D eigenvalue weighted by Gasteiger charge is -2.16. The van der Waals surface area contributed by atoms with Gasteiger partial charge in [0, 0.05) is 17.5 Å². The predicted octanol–water partition coefficient (Wildman–Crippen LogP) is 1.85. The van der Waals surface area contributed by atoms with Crippen LogP contribution in [0.15, 0.2) is 18.2 Å². The van der Waals surface area contributed by atoms with Crippen molar-refractivity contribution < 1.29 is 33.3 Å². The minimum atomic E-state index is -2.95. The molecule has 1 unspecified atom stereocenters. The van der Waals surface area contributed by atoms with E-state index in [0.717, 1.165) is 6.07 Å². The molecule has 2 N–H and O–H groups in total. The van der Waals surface area contributed by atoms with Crippen LogP contribution in [0.4, 0.5) is 8.78 Å². The van der Waals surface area contributed by atoms with Crippen LogP contribution in [0.25, 0.3) is 0 Å². The van der Waals surface area contributed by atoms with Crippen LogP contribution in [0.5, 0.6) is 0 Å². The van der Waals surface area contributed by atoms with Gasteiger partial charge in [0.05, 0.1) is 7.11 Å². The molecule has 20 heavy (non-hydrogen) atoms. The van der Waals surface area contributed by atoms with E-state index in [-0.39, 0.29) is 24.0 Å². The number of aliphatic hydroxyl groups is 1. The van der Waals surface area contributed by atoms with Gasteiger partial charge in [0.25, 0.3) is 6.43 Å². The maximum Gasteiger partial charge on any atom is 0.337 e. The molecular weight excluding hydrogens is 274 g/mol. The van der Waals surface area contributed by atoms with Crippen LogP contribution in [0.3, 0.4) is 0 Å². The van der Waals surface area contributed by atoms with Crippen LogP contribution < -0.4 is 0 Å². The van der Waals surface area contributed by atoms with Gasteiger partial charge < -0.3 is 14.9 Å². The number of ether oxygens (including phenoxy) is 1. The van der Waals surface area contributed by atoms with Gasteiger partial charge in [-0.3, -0.25) is 4.79 Å². The molecule has 0 saturated carbocycles. The van der Waals surface area contributed by atoms with Crippen LogP contribution in [-0.4, -0.2) is 29.3 Å². The molecule has 0 heterocycles. The zero-order chi connectivity index (χ0) is 15.3. The van der Waals surface area contributed by atoms with Crippen molar-refractivity contribution in [3.8, 4) is 0 Å². The standard InChI is InChI=1S/C13H14F2O5/c1-20-9(16)6-5-7-3-2-4-8(10(7)12(14)15)11(17)13(18)19/h2-4,11-12,17H,5-6H2,1H3,(H,18,19). The van der Waals surface area contributed by atoms with Crippen molar-refractivity contribution in [3.63, 3.8) is 0 Å². The minimum Gasteiger partial charge on any atom is -0.479 e. The number of aliphatic carboxylic acids is 1. The molecule has 0 saturated heterocycles. The van der Waals surface area contributed by atoms with E-state index in [9.17, 15) is 23.5 Å². The van der Waals surface area contributed by atoms with Gasteiger partial charge in [0.2, 0.25) is 0 Å². The highest BCUT2D eigenvalue weighted by Gasteiger charge is 2.26. The first-order chi connectivity index (χ1) is 9.38. The molecule has 0 bridgehead atoms. The van der Waals surface area contributed by atoms with Crippen LogP contribution in [0.2, 0.25) is 0 Å². The Hall–Kier alpha value is -2.02. The lowest BCUT2D eigenvalue weighted by Crippen LogP contribution is -2.14. The molecule has 0 fully saturated rings. The lowest BCUT2D eigenvalue weighted by atomic mass is 9.94. The van der Waals surface area contributed by atoms with E-state index in [0.29, 0.717) is 0 Å². The van der Waals surface area contributed by atoms with Gasteiger partial charge in [-0.2, -0.15) is 0 Å². The molecule has 1 aromatic carbocycles. The summed E-state index contributed by atoms with van der Waals surface area (Å²) in [5.74, 6) is -2.17. The van der Waals surface area contributed by atoms with E-state index in [2.05, 4.69) is 4.74 Å². The van der Waals surface area contributed by atoms with Gasteiger partial charge in [0.1, 0.15) is 0 Å². The molecule has 0 spiro atoms. The predicted molar refractivity (Wildman–Crippen MR) is 64.3 cm³/mol. The van der Waals surface area contributed by atoms with Crippen LogP contribution in [-0.2, 0) is 20.7 Å². The number of carbonyl (C=O) groups excluding carboxylic acids is 1. The summed E-state index contributed by atoms with van der Waals surface area (Å²) in [6.07, 6.45) is -5.11. The first kappa shape index (κ1) is 16.0. The van der Waals surface area contributed by atoms with Crippen molar-refractivity contribution in [1.82, 2.24) is 0 Å². The summed E-state index contributed by atoms with van der Waals surface area (Å²) in [5.41, 5.74) is -0.802. The molecule has 0 aliphatic rings. The fourth-order valence-electron chi connectivity index (χ4n) is 1.83. The highest BCUT2D eigenvalue weighted by Crippen LogP contribution is 2.31. The second kappa shape index (κ2) is 6.95. The summed E-state index contributed by atoms with van der Waals surface area (Å²) in [7, 11) is 1.18. The van der Waals surface area contributed by atoms with Gasteiger partial charge in [-0.25, -0.2) is 13.6 Å². The monoisotopic (exact) mass is 288 g/mol. The third-order valence-corrected chi connectivity index (χ3v) is 2.80. The average Bonchev–Trinajstić information content (AvgIpc) is 2.42. The molecule has 110 valence electrons. The Morgan fingerprint density at radius 1 is 1.35 bits per heavy atom. The van der Waals surface area contributed by atoms with Crippen molar-refractivity contribution in [2.45, 2.75) is 25.4 Å². The number of benzene rings is 1. The Bertz CT molecular complexity index is 502. The van der Waals surface area contributed by atoms with Gasteiger partial charge in [-0.1, -0.05) is 18.2 Å². The number of methoxy groups -OCH3 is 1. The van der Waals surface area contributed by atoms with Gasteiger partial charge in [-0.05, 0) is 12.0 Å². The van der Waals surface area contributed by atoms with Gasteiger partial charge in [0.15, 0.2) is 6.10 Å². The average molecular weight is 288 g/mol. The van der Waals surface area contributed by atoms with Crippen molar-refractivity contribution in [2.24, 2.45) is 0 Å². The molecule has 1 aromatic rings. The summed E-state index contributed by atoms with van der Waals surface area (Å²) in [6, 6.07) is 3.85. The zero-order valence-electron chi connectivity index (χ0n) is 10.7. The first-order valence-electron chi connectivity index (χ1n) is 5.76. The van der Waals surface area contributed by atoms with Gasteiger partial charge >= 0.3 is 11.9 Å². The van der Waals surface area contributed by atoms with E-state index in [4.69, 9.17) is 5.11 Å². The zero-order valence-corrected chi connectivity index (χ0v) is 10.7. The maximum absolute atomic E-state index is 13.1. The fourth-order valence-corrected chi connectivity index (χ4v) is 1.83. The van der Waals surface area contributed by atoms with Crippen LogP contribution in [0, 0.1) is 0 Å². The molecule has 7 heteroatoms. The highest BCUT2D eigenvalue weighted by molar-refractivity contribution is 5.75. The van der Waals surface area contributed by atoms with Crippen LogP contribution in [0.1, 0.15) is 35.6 Å². The number of rotatable bonds is 6. The summed E-state index contributed by atoms with van der Waals surface area (Å²) in [5, 5.41) is 18.2. The molecule has 0 aromatic heterocycles. The van der Waals surface area contributed by atoms with E-state index in [1.54, 1.807) is 0 Å². The molecule has 0 radical (unpaired) electrons. The number of esters is 1. The largest absolute Gasteiger partial charge is 0.479 e. The summed E-state index contributed by atoms with van der Waals surface area (Å²) in [4.78, 5) is 21.8. The SMILES string of the molecule is COC(=O)CCc1cccc(C(O)C(=O)O)c1C(F)F. The van der Waals surface area contributed by atoms with Gasteiger partial charge in [-0.15, -0.1) is 0 Å². The number of halogens is 2. The van der Waals surface area contributed by atoms with E-state index < -0.39 is 30.0 Å². The number of carbonyl (C=O) groups is 2. The molecule has 1 rings (SSSR count). The summed E-state index contributed by atoms with van der Waals surface area (Å²) < 4.78 is 30.6. The quantitative estimate of drug-likeness (QED) is 0.780. The van der Waals surface area contributed by atoms with E-state index >= 15 is 0 Å². The number of alkyl halides is 2. The van der Waals surface area contributed by atoms with E-state index in [1.807, 2.05) is 0 Å². The number of hydrogen-bond donors (Lipinski definition) is 2. The topological polar surface area (TPSA) is 83.8 Å². The van der Waals surface area contributed by atoms with Crippen molar-refractivity contribution in [2.75, 3.05) is 7.11 Å². The third-order valence-electron chi connectivity index (χ3n) is 2.80. The number of hydrogen-bond acceptors (Lipinski definition) is 4. The number of aryl methyl sites for hydroxylation is 1. The minimum absolute atomic E-state index is 0.0213. The Kier molecular flexibility index (Phi) is 5.57. The maximum atomic E-state index is 13.1. The molecule has 5 nitrogen and oxygen atoms in total. The summed E-state index contributed by atoms with van der Waals surface area (Å²) in [6.45, 7) is 0. The smallest absolute Gasteiger partial charge is 0.337 e. The first-order valence-corrected chi connectivity index (χ1v) is 5.76. The Morgan fingerprint density at radius 3 is 2.50 bits per heavy atom.